The van der Waals surface area contributed by atoms with Crippen LogP contribution >= 0.6 is 0 Å². The zero-order chi connectivity index (χ0) is 11.0. The molecule has 1 fully saturated rings. The molecule has 2 heteroatoms. The van der Waals surface area contributed by atoms with Crippen molar-refractivity contribution < 1.29 is 9.90 Å². The van der Waals surface area contributed by atoms with Gasteiger partial charge in [-0.3, -0.25) is 4.79 Å². The highest BCUT2D eigenvalue weighted by Gasteiger charge is 2.54. The highest BCUT2D eigenvalue weighted by atomic mass is 16.3. The molecule has 0 spiro atoms. The minimum atomic E-state index is -1.05. The second kappa shape index (κ2) is 3.35. The molecule has 0 aliphatic heterocycles. The Balaban J connectivity index is 3.07. The minimum absolute atomic E-state index is 0.114. The fraction of sp³-hybridized carbons (Fsp3) is 0.583. The fourth-order valence-corrected chi connectivity index (χ4v) is 2.28. The van der Waals surface area contributed by atoms with E-state index in [1.54, 1.807) is 6.92 Å². The van der Waals surface area contributed by atoms with Crippen molar-refractivity contribution in [3.63, 3.8) is 0 Å². The van der Waals surface area contributed by atoms with E-state index in [0.717, 1.165) is 5.57 Å². The van der Waals surface area contributed by atoms with E-state index >= 15 is 0 Å². The molecule has 0 aromatic carbocycles. The molecule has 0 aromatic heterocycles. The molecule has 1 rings (SSSR count). The van der Waals surface area contributed by atoms with E-state index in [1.807, 2.05) is 6.92 Å². The van der Waals surface area contributed by atoms with Crippen molar-refractivity contribution in [2.75, 3.05) is 0 Å². The average Bonchev–Trinajstić information content (AvgIpc) is 2.30. The summed E-state index contributed by atoms with van der Waals surface area (Å²) in [6, 6.07) is 0. The van der Waals surface area contributed by atoms with Gasteiger partial charge in [-0.2, -0.15) is 0 Å². The summed E-state index contributed by atoms with van der Waals surface area (Å²) >= 11 is 0. The van der Waals surface area contributed by atoms with E-state index in [4.69, 9.17) is 0 Å². The van der Waals surface area contributed by atoms with Crippen LogP contribution in [0.15, 0.2) is 24.8 Å². The molecule has 0 radical (unpaired) electrons. The normalized spacial score (nSPS) is 37.2. The van der Waals surface area contributed by atoms with Crippen LogP contribution < -0.4 is 0 Å². The lowest BCUT2D eigenvalue weighted by Gasteiger charge is -2.36. The molecule has 14 heavy (non-hydrogen) atoms. The summed E-state index contributed by atoms with van der Waals surface area (Å²) in [5, 5.41) is 10.3. The number of carbonyl (C=O) groups excluding carboxylic acids is 1. The molecule has 0 aromatic rings. The third-order valence-electron chi connectivity index (χ3n) is 3.30. The molecule has 1 N–H and O–H groups in total. The van der Waals surface area contributed by atoms with Crippen molar-refractivity contribution in [1.29, 1.82) is 0 Å². The van der Waals surface area contributed by atoms with Crippen LogP contribution in [-0.2, 0) is 4.79 Å². The Labute approximate surface area is 85.3 Å². The maximum Gasteiger partial charge on any atom is 0.142 e. The van der Waals surface area contributed by atoms with Crippen molar-refractivity contribution in [1.82, 2.24) is 0 Å². The predicted octanol–water partition coefficient (Wildman–Crippen LogP) is 2.24. The quantitative estimate of drug-likeness (QED) is 0.699. The molecule has 2 atom stereocenters. The first kappa shape index (κ1) is 11.2. The Morgan fingerprint density at radius 1 is 1.71 bits per heavy atom. The van der Waals surface area contributed by atoms with Gasteiger partial charge in [-0.1, -0.05) is 11.6 Å². The number of carbonyl (C=O) groups is 1. The van der Waals surface area contributed by atoms with E-state index in [2.05, 4.69) is 13.2 Å². The SMILES string of the molecule is C=C[C@@]1(O)CCC(=O)[C@]1(C)CC(=C)C. The summed E-state index contributed by atoms with van der Waals surface area (Å²) in [6.45, 7) is 11.1. The minimum Gasteiger partial charge on any atom is -0.385 e. The molecule has 78 valence electrons. The summed E-state index contributed by atoms with van der Waals surface area (Å²) in [7, 11) is 0. The van der Waals surface area contributed by atoms with Gasteiger partial charge in [0.05, 0.1) is 11.0 Å². The number of aliphatic hydroxyl groups is 1. The summed E-state index contributed by atoms with van der Waals surface area (Å²) in [4.78, 5) is 11.8. The molecule has 0 unspecified atom stereocenters. The van der Waals surface area contributed by atoms with Crippen molar-refractivity contribution in [3.05, 3.63) is 24.8 Å². The number of Topliss-reactive ketones (excluding diaryl/α,β-unsaturated/α-hetero) is 1. The van der Waals surface area contributed by atoms with Crippen LogP contribution in [0, 0.1) is 5.41 Å². The van der Waals surface area contributed by atoms with Crippen LogP contribution in [0.4, 0.5) is 0 Å². The second-order valence-electron chi connectivity index (χ2n) is 4.52. The molecular formula is C12H18O2. The summed E-state index contributed by atoms with van der Waals surface area (Å²) < 4.78 is 0. The first-order valence-corrected chi connectivity index (χ1v) is 4.89. The Hall–Kier alpha value is -0.890. The van der Waals surface area contributed by atoms with Gasteiger partial charge in [0.15, 0.2) is 0 Å². The van der Waals surface area contributed by atoms with Crippen LogP contribution in [0.2, 0.25) is 0 Å². The topological polar surface area (TPSA) is 37.3 Å². The van der Waals surface area contributed by atoms with E-state index in [-0.39, 0.29) is 5.78 Å². The molecule has 1 aliphatic carbocycles. The second-order valence-corrected chi connectivity index (χ2v) is 4.52. The van der Waals surface area contributed by atoms with Crippen molar-refractivity contribution in [2.24, 2.45) is 5.41 Å². The first-order valence-electron chi connectivity index (χ1n) is 4.89. The third kappa shape index (κ3) is 1.44. The lowest BCUT2D eigenvalue weighted by Crippen LogP contribution is -2.43. The van der Waals surface area contributed by atoms with Crippen molar-refractivity contribution >= 4 is 5.78 Å². The van der Waals surface area contributed by atoms with Crippen LogP contribution in [0.3, 0.4) is 0 Å². The van der Waals surface area contributed by atoms with Gasteiger partial charge < -0.3 is 5.11 Å². The number of hydrogen-bond acceptors (Lipinski definition) is 2. The van der Waals surface area contributed by atoms with Gasteiger partial charge in [-0.15, -0.1) is 13.2 Å². The molecule has 1 saturated carbocycles. The Kier molecular flexibility index (Phi) is 2.68. The lowest BCUT2D eigenvalue weighted by molar-refractivity contribution is -0.131. The molecule has 0 saturated heterocycles. The molecule has 0 amide bonds. The number of allylic oxidation sites excluding steroid dienone is 1. The smallest absolute Gasteiger partial charge is 0.142 e. The predicted molar refractivity (Wildman–Crippen MR) is 56.9 cm³/mol. The Morgan fingerprint density at radius 3 is 2.71 bits per heavy atom. The highest BCUT2D eigenvalue weighted by molar-refractivity contribution is 5.89. The third-order valence-corrected chi connectivity index (χ3v) is 3.30. The highest BCUT2D eigenvalue weighted by Crippen LogP contribution is 2.48. The molecule has 0 heterocycles. The van der Waals surface area contributed by atoms with E-state index < -0.39 is 11.0 Å². The van der Waals surface area contributed by atoms with Gasteiger partial charge in [0.25, 0.3) is 0 Å². The van der Waals surface area contributed by atoms with Crippen LogP contribution in [0.1, 0.15) is 33.1 Å². The monoisotopic (exact) mass is 194 g/mol. The first-order chi connectivity index (χ1) is 6.35. The van der Waals surface area contributed by atoms with Gasteiger partial charge in [0.2, 0.25) is 0 Å². The zero-order valence-electron chi connectivity index (χ0n) is 8.97. The number of hydrogen-bond donors (Lipinski definition) is 1. The molecule has 0 bridgehead atoms. The van der Waals surface area contributed by atoms with Crippen LogP contribution in [0.25, 0.3) is 0 Å². The van der Waals surface area contributed by atoms with Crippen LogP contribution in [0.5, 0.6) is 0 Å². The maximum absolute atomic E-state index is 11.8. The van der Waals surface area contributed by atoms with Gasteiger partial charge in [0, 0.05) is 6.42 Å². The van der Waals surface area contributed by atoms with Crippen molar-refractivity contribution in [3.8, 4) is 0 Å². The fourth-order valence-electron chi connectivity index (χ4n) is 2.28. The number of ketones is 1. The van der Waals surface area contributed by atoms with Crippen molar-refractivity contribution in [2.45, 2.75) is 38.7 Å². The summed E-state index contributed by atoms with van der Waals surface area (Å²) in [5.41, 5.74) is -0.855. The van der Waals surface area contributed by atoms with Gasteiger partial charge >= 0.3 is 0 Å². The van der Waals surface area contributed by atoms with Gasteiger partial charge in [-0.05, 0) is 26.7 Å². The van der Waals surface area contributed by atoms with E-state index in [0.29, 0.717) is 19.3 Å². The van der Waals surface area contributed by atoms with Gasteiger partial charge in [-0.25, -0.2) is 0 Å². The van der Waals surface area contributed by atoms with E-state index in [9.17, 15) is 9.90 Å². The largest absolute Gasteiger partial charge is 0.385 e. The maximum atomic E-state index is 11.8. The summed E-state index contributed by atoms with van der Waals surface area (Å²) in [5.74, 6) is 0.114. The molecule has 2 nitrogen and oxygen atoms in total. The molecule has 1 aliphatic rings. The van der Waals surface area contributed by atoms with Crippen LogP contribution in [-0.4, -0.2) is 16.5 Å². The zero-order valence-corrected chi connectivity index (χ0v) is 8.97. The van der Waals surface area contributed by atoms with E-state index in [1.165, 1.54) is 6.08 Å². The Morgan fingerprint density at radius 2 is 2.29 bits per heavy atom. The van der Waals surface area contributed by atoms with Gasteiger partial charge in [0.1, 0.15) is 5.78 Å². The lowest BCUT2D eigenvalue weighted by atomic mass is 9.71. The average molecular weight is 194 g/mol. The Bertz CT molecular complexity index is 293. The molecular weight excluding hydrogens is 176 g/mol. The summed E-state index contributed by atoms with van der Waals surface area (Å²) in [6.07, 6.45) is 2.96. The standard InChI is InChI=1S/C12H18O2/c1-5-12(14)7-6-10(13)11(12,4)8-9(2)3/h5,14H,1-2,6-8H2,3-4H3/t11-,12+/m0/s1. The number of rotatable bonds is 3.